The van der Waals surface area contributed by atoms with E-state index in [0.29, 0.717) is 6.54 Å². The maximum absolute atomic E-state index is 13.0. The Kier molecular flexibility index (Phi) is 4.71. The lowest BCUT2D eigenvalue weighted by atomic mass is 10.0. The van der Waals surface area contributed by atoms with E-state index in [-0.39, 0.29) is 5.82 Å². The van der Waals surface area contributed by atoms with Crippen LogP contribution in [0.3, 0.4) is 0 Å². The lowest BCUT2D eigenvalue weighted by Crippen LogP contribution is -2.01. The van der Waals surface area contributed by atoms with Crippen LogP contribution in [0.1, 0.15) is 16.0 Å². The van der Waals surface area contributed by atoms with Crippen molar-refractivity contribution in [1.82, 2.24) is 0 Å². The van der Waals surface area contributed by atoms with E-state index in [1.165, 1.54) is 28.1 Å². The van der Waals surface area contributed by atoms with Gasteiger partial charge in [0, 0.05) is 27.2 Å². The standard InChI is InChI=1S/C18H15BrFNS/c19-15-4-1-13(11-21)14(9-15)10-17-7-8-18(22-17)12-2-5-16(20)6-3-12/h1-9H,10-11,21H2. The maximum atomic E-state index is 13.0. The summed E-state index contributed by atoms with van der Waals surface area (Å²) in [5, 5.41) is 0. The first-order valence-electron chi connectivity index (χ1n) is 6.98. The first-order valence-corrected chi connectivity index (χ1v) is 8.58. The van der Waals surface area contributed by atoms with Crippen molar-refractivity contribution in [2.75, 3.05) is 0 Å². The molecule has 0 bridgehead atoms. The van der Waals surface area contributed by atoms with Gasteiger partial charge in [-0.3, -0.25) is 0 Å². The fraction of sp³-hybridized carbons (Fsp3) is 0.111. The molecule has 0 saturated carbocycles. The van der Waals surface area contributed by atoms with Gasteiger partial charge < -0.3 is 5.73 Å². The molecular weight excluding hydrogens is 361 g/mol. The van der Waals surface area contributed by atoms with Crippen LogP contribution in [0.2, 0.25) is 0 Å². The minimum absolute atomic E-state index is 0.206. The molecule has 0 aliphatic rings. The van der Waals surface area contributed by atoms with Gasteiger partial charge >= 0.3 is 0 Å². The molecule has 1 nitrogen and oxygen atoms in total. The largest absolute Gasteiger partial charge is 0.326 e. The highest BCUT2D eigenvalue weighted by Gasteiger charge is 2.07. The van der Waals surface area contributed by atoms with Gasteiger partial charge in [-0.2, -0.15) is 0 Å². The number of benzene rings is 2. The highest BCUT2D eigenvalue weighted by Crippen LogP contribution is 2.30. The third-order valence-electron chi connectivity index (χ3n) is 3.54. The van der Waals surface area contributed by atoms with Gasteiger partial charge in [0.25, 0.3) is 0 Å². The first kappa shape index (κ1) is 15.4. The second-order valence-electron chi connectivity index (χ2n) is 5.07. The predicted octanol–water partition coefficient (Wildman–Crippen LogP) is 5.37. The van der Waals surface area contributed by atoms with E-state index in [0.717, 1.165) is 21.3 Å². The van der Waals surface area contributed by atoms with Crippen LogP contribution < -0.4 is 5.73 Å². The average Bonchev–Trinajstić information content (AvgIpc) is 2.97. The predicted molar refractivity (Wildman–Crippen MR) is 94.6 cm³/mol. The Morgan fingerprint density at radius 1 is 0.955 bits per heavy atom. The van der Waals surface area contributed by atoms with E-state index >= 15 is 0 Å². The molecule has 0 aliphatic heterocycles. The van der Waals surface area contributed by atoms with Crippen molar-refractivity contribution in [2.45, 2.75) is 13.0 Å². The molecule has 0 aliphatic carbocycles. The Hall–Kier alpha value is -1.49. The maximum Gasteiger partial charge on any atom is 0.123 e. The summed E-state index contributed by atoms with van der Waals surface area (Å²) in [5.41, 5.74) is 9.27. The van der Waals surface area contributed by atoms with E-state index < -0.39 is 0 Å². The first-order chi connectivity index (χ1) is 10.7. The molecule has 0 atom stereocenters. The van der Waals surface area contributed by atoms with Gasteiger partial charge in [-0.25, -0.2) is 4.39 Å². The summed E-state index contributed by atoms with van der Waals surface area (Å²) in [5.74, 6) is -0.206. The normalized spacial score (nSPS) is 10.9. The van der Waals surface area contributed by atoms with Crippen LogP contribution in [-0.4, -0.2) is 0 Å². The third kappa shape index (κ3) is 3.46. The topological polar surface area (TPSA) is 26.0 Å². The summed E-state index contributed by atoms with van der Waals surface area (Å²) in [6, 6.07) is 17.0. The Labute approximate surface area is 141 Å². The molecule has 3 rings (SSSR count). The molecule has 3 aromatic rings. The summed E-state index contributed by atoms with van der Waals surface area (Å²) in [6.07, 6.45) is 0.859. The number of hydrogen-bond donors (Lipinski definition) is 1. The number of rotatable bonds is 4. The third-order valence-corrected chi connectivity index (χ3v) is 5.17. The monoisotopic (exact) mass is 375 g/mol. The molecule has 2 aromatic carbocycles. The molecule has 2 N–H and O–H groups in total. The summed E-state index contributed by atoms with van der Waals surface area (Å²) in [7, 11) is 0. The number of nitrogens with two attached hydrogens (primary N) is 1. The molecule has 0 fully saturated rings. The molecule has 0 spiro atoms. The van der Waals surface area contributed by atoms with E-state index in [4.69, 9.17) is 5.73 Å². The molecular formula is C18H15BrFNS. The molecule has 0 unspecified atom stereocenters. The number of hydrogen-bond acceptors (Lipinski definition) is 2. The van der Waals surface area contributed by atoms with E-state index in [9.17, 15) is 4.39 Å². The summed E-state index contributed by atoms with van der Waals surface area (Å²) < 4.78 is 14.1. The smallest absolute Gasteiger partial charge is 0.123 e. The van der Waals surface area contributed by atoms with Crippen LogP contribution in [-0.2, 0) is 13.0 Å². The van der Waals surface area contributed by atoms with Gasteiger partial charge in [0.15, 0.2) is 0 Å². The Bertz CT molecular complexity index is 780. The average molecular weight is 376 g/mol. The zero-order chi connectivity index (χ0) is 15.5. The summed E-state index contributed by atoms with van der Waals surface area (Å²) >= 11 is 5.25. The van der Waals surface area contributed by atoms with Crippen molar-refractivity contribution < 1.29 is 4.39 Å². The quantitative estimate of drug-likeness (QED) is 0.651. The van der Waals surface area contributed by atoms with E-state index in [1.54, 1.807) is 11.3 Å². The van der Waals surface area contributed by atoms with E-state index in [1.807, 2.05) is 18.2 Å². The second kappa shape index (κ2) is 6.73. The Morgan fingerprint density at radius 2 is 1.73 bits per heavy atom. The molecule has 1 heterocycles. The second-order valence-corrected chi connectivity index (χ2v) is 7.15. The number of halogens is 2. The molecule has 0 radical (unpaired) electrons. The highest BCUT2D eigenvalue weighted by atomic mass is 79.9. The van der Waals surface area contributed by atoms with Crippen LogP contribution in [0.5, 0.6) is 0 Å². The SMILES string of the molecule is NCc1ccc(Br)cc1Cc1ccc(-c2ccc(F)cc2)s1. The molecule has 1 aromatic heterocycles. The molecule has 4 heteroatoms. The van der Waals surface area contributed by atoms with Crippen molar-refractivity contribution in [3.8, 4) is 10.4 Å². The van der Waals surface area contributed by atoms with Gasteiger partial charge in [0.05, 0.1) is 0 Å². The minimum Gasteiger partial charge on any atom is -0.326 e. The van der Waals surface area contributed by atoms with Crippen LogP contribution in [0, 0.1) is 5.82 Å². The summed E-state index contributed by atoms with van der Waals surface area (Å²) in [6.45, 7) is 0.540. The summed E-state index contributed by atoms with van der Waals surface area (Å²) in [4.78, 5) is 2.42. The van der Waals surface area contributed by atoms with Gasteiger partial charge in [0.2, 0.25) is 0 Å². The van der Waals surface area contributed by atoms with Crippen molar-refractivity contribution in [3.63, 3.8) is 0 Å². The number of thiophene rings is 1. The van der Waals surface area contributed by atoms with Gasteiger partial charge in [-0.1, -0.05) is 34.1 Å². The van der Waals surface area contributed by atoms with Crippen LogP contribution in [0.25, 0.3) is 10.4 Å². The highest BCUT2D eigenvalue weighted by molar-refractivity contribution is 9.10. The van der Waals surface area contributed by atoms with Crippen molar-refractivity contribution in [3.05, 3.63) is 80.9 Å². The fourth-order valence-corrected chi connectivity index (χ4v) is 3.83. The van der Waals surface area contributed by atoms with Crippen molar-refractivity contribution in [1.29, 1.82) is 0 Å². The van der Waals surface area contributed by atoms with Crippen molar-refractivity contribution in [2.24, 2.45) is 5.73 Å². The lowest BCUT2D eigenvalue weighted by Gasteiger charge is -2.07. The van der Waals surface area contributed by atoms with Gasteiger partial charge in [-0.05, 0) is 53.1 Å². The molecule has 112 valence electrons. The van der Waals surface area contributed by atoms with Crippen molar-refractivity contribution >= 4 is 27.3 Å². The van der Waals surface area contributed by atoms with Gasteiger partial charge in [0.1, 0.15) is 5.82 Å². The zero-order valence-electron chi connectivity index (χ0n) is 11.9. The van der Waals surface area contributed by atoms with Crippen LogP contribution >= 0.6 is 27.3 Å². The van der Waals surface area contributed by atoms with Crippen LogP contribution in [0.15, 0.2) is 59.1 Å². The lowest BCUT2D eigenvalue weighted by molar-refractivity contribution is 0.628. The molecule has 22 heavy (non-hydrogen) atoms. The van der Waals surface area contributed by atoms with Gasteiger partial charge in [-0.15, -0.1) is 11.3 Å². The Balaban J connectivity index is 1.85. The van der Waals surface area contributed by atoms with Crippen LogP contribution in [0.4, 0.5) is 4.39 Å². The Morgan fingerprint density at radius 3 is 2.45 bits per heavy atom. The fourth-order valence-electron chi connectivity index (χ4n) is 2.39. The van der Waals surface area contributed by atoms with E-state index in [2.05, 4.69) is 40.2 Å². The molecule has 0 saturated heterocycles. The zero-order valence-corrected chi connectivity index (χ0v) is 14.3. The minimum atomic E-state index is -0.206. The molecule has 0 amide bonds.